The second-order valence-corrected chi connectivity index (χ2v) is 7.22. The largest absolute Gasteiger partial charge is 0.368 e. The minimum atomic E-state index is -0.318. The van der Waals surface area contributed by atoms with Gasteiger partial charge in [-0.3, -0.25) is 9.59 Å². The van der Waals surface area contributed by atoms with Gasteiger partial charge < -0.3 is 14.7 Å². The van der Waals surface area contributed by atoms with E-state index >= 15 is 0 Å². The number of piperazine rings is 1. The second kappa shape index (κ2) is 7.73. The Kier molecular flexibility index (Phi) is 4.98. The summed E-state index contributed by atoms with van der Waals surface area (Å²) in [4.78, 5) is 31.2. The fourth-order valence-electron chi connectivity index (χ4n) is 3.95. The van der Waals surface area contributed by atoms with Gasteiger partial charge in [0, 0.05) is 50.5 Å². The van der Waals surface area contributed by atoms with Crippen molar-refractivity contribution < 1.29 is 9.59 Å². The summed E-state index contributed by atoms with van der Waals surface area (Å²) in [7, 11) is 0. The van der Waals surface area contributed by atoms with Gasteiger partial charge in [-0.15, -0.1) is 0 Å². The van der Waals surface area contributed by atoms with E-state index in [0.29, 0.717) is 30.9 Å². The summed E-state index contributed by atoms with van der Waals surface area (Å²) >= 11 is 0. The van der Waals surface area contributed by atoms with Crippen LogP contribution in [0.1, 0.15) is 12.0 Å². The van der Waals surface area contributed by atoms with Crippen LogP contribution in [0.25, 0.3) is 0 Å². The molecule has 2 aromatic carbocycles. The molecule has 6 heteroatoms. The van der Waals surface area contributed by atoms with Crippen LogP contribution in [-0.2, 0) is 9.59 Å². The summed E-state index contributed by atoms with van der Waals surface area (Å²) in [5.74, 6) is -0.321. The number of anilines is 2. The van der Waals surface area contributed by atoms with Crippen molar-refractivity contribution >= 4 is 23.2 Å². The molecule has 0 bridgehead atoms. The van der Waals surface area contributed by atoms with E-state index in [1.807, 2.05) is 29.2 Å². The van der Waals surface area contributed by atoms with Crippen molar-refractivity contribution in [1.29, 1.82) is 5.26 Å². The van der Waals surface area contributed by atoms with Gasteiger partial charge in [-0.05, 0) is 30.3 Å². The molecule has 0 saturated carbocycles. The second-order valence-electron chi connectivity index (χ2n) is 7.22. The van der Waals surface area contributed by atoms with E-state index in [4.69, 9.17) is 5.26 Å². The van der Waals surface area contributed by atoms with Crippen molar-refractivity contribution in [2.24, 2.45) is 5.92 Å². The molecule has 2 aliphatic heterocycles. The van der Waals surface area contributed by atoms with Gasteiger partial charge in [0.1, 0.15) is 0 Å². The molecule has 0 spiro atoms. The molecule has 6 nitrogen and oxygen atoms in total. The predicted octanol–water partition coefficient (Wildman–Crippen LogP) is 2.26. The average molecular weight is 374 g/mol. The van der Waals surface area contributed by atoms with E-state index in [-0.39, 0.29) is 24.2 Å². The van der Waals surface area contributed by atoms with Crippen LogP contribution in [0.3, 0.4) is 0 Å². The number of carbonyl (C=O) groups excluding carboxylic acids is 2. The lowest BCUT2D eigenvalue weighted by atomic mass is 10.1. The number of para-hydroxylation sites is 1. The number of benzene rings is 2. The lowest BCUT2D eigenvalue weighted by molar-refractivity contribution is -0.136. The Hall–Kier alpha value is -3.33. The number of hydrogen-bond donors (Lipinski definition) is 0. The van der Waals surface area contributed by atoms with Crippen LogP contribution >= 0.6 is 0 Å². The Labute approximate surface area is 164 Å². The maximum Gasteiger partial charge on any atom is 0.228 e. The molecule has 28 heavy (non-hydrogen) atoms. The molecule has 2 heterocycles. The van der Waals surface area contributed by atoms with E-state index in [2.05, 4.69) is 23.1 Å². The molecule has 2 aromatic rings. The molecule has 1 atom stereocenters. The standard InChI is InChI=1S/C22H22N4O2/c23-15-17-5-4-8-20(13-17)26-16-18(14-21(26)27)22(28)25-11-9-24(10-12-25)19-6-2-1-3-7-19/h1-8,13,18H,9-12,14,16H2. The molecule has 1 unspecified atom stereocenters. The third kappa shape index (κ3) is 3.56. The fourth-order valence-corrected chi connectivity index (χ4v) is 3.95. The highest BCUT2D eigenvalue weighted by atomic mass is 16.2. The Bertz CT molecular complexity index is 914. The van der Waals surface area contributed by atoms with E-state index in [9.17, 15) is 9.59 Å². The minimum Gasteiger partial charge on any atom is -0.368 e. The van der Waals surface area contributed by atoms with Crippen LogP contribution in [0.15, 0.2) is 54.6 Å². The zero-order chi connectivity index (χ0) is 19.5. The Morgan fingerprint density at radius 1 is 0.964 bits per heavy atom. The van der Waals surface area contributed by atoms with E-state index in [1.54, 1.807) is 23.1 Å². The third-order valence-corrected chi connectivity index (χ3v) is 5.47. The molecule has 0 aromatic heterocycles. The lowest BCUT2D eigenvalue weighted by Gasteiger charge is -2.37. The zero-order valence-corrected chi connectivity index (χ0v) is 15.6. The summed E-state index contributed by atoms with van der Waals surface area (Å²) in [5, 5.41) is 9.07. The number of hydrogen-bond acceptors (Lipinski definition) is 4. The number of amides is 2. The van der Waals surface area contributed by atoms with Gasteiger partial charge in [0.2, 0.25) is 11.8 Å². The molecule has 0 aliphatic carbocycles. The highest BCUT2D eigenvalue weighted by molar-refractivity contribution is 6.00. The van der Waals surface area contributed by atoms with Crippen LogP contribution in [0.5, 0.6) is 0 Å². The molecular formula is C22H22N4O2. The summed E-state index contributed by atoms with van der Waals surface area (Å²) in [5.41, 5.74) is 2.37. The Morgan fingerprint density at radius 2 is 1.68 bits per heavy atom. The molecule has 2 saturated heterocycles. The summed E-state index contributed by atoms with van der Waals surface area (Å²) in [6.45, 7) is 3.31. The number of nitriles is 1. The van der Waals surface area contributed by atoms with Gasteiger partial charge >= 0.3 is 0 Å². The third-order valence-electron chi connectivity index (χ3n) is 5.47. The number of nitrogens with zero attached hydrogens (tertiary/aromatic N) is 4. The van der Waals surface area contributed by atoms with Gasteiger partial charge in [-0.25, -0.2) is 0 Å². The van der Waals surface area contributed by atoms with Crippen molar-refractivity contribution in [2.45, 2.75) is 6.42 Å². The first-order valence-corrected chi connectivity index (χ1v) is 9.55. The highest BCUT2D eigenvalue weighted by Crippen LogP contribution is 2.27. The molecule has 2 amide bonds. The zero-order valence-electron chi connectivity index (χ0n) is 15.6. The average Bonchev–Trinajstić information content (AvgIpc) is 3.15. The molecule has 142 valence electrons. The smallest absolute Gasteiger partial charge is 0.228 e. The van der Waals surface area contributed by atoms with Crippen molar-refractivity contribution in [1.82, 2.24) is 4.90 Å². The Morgan fingerprint density at radius 3 is 2.39 bits per heavy atom. The first-order valence-electron chi connectivity index (χ1n) is 9.55. The maximum absolute atomic E-state index is 13.0. The number of rotatable bonds is 3. The molecule has 2 fully saturated rings. The summed E-state index contributed by atoms with van der Waals surface area (Å²) in [6, 6.07) is 19.3. The molecule has 0 radical (unpaired) electrons. The van der Waals surface area contributed by atoms with Crippen LogP contribution < -0.4 is 9.80 Å². The van der Waals surface area contributed by atoms with Gasteiger partial charge in [0.25, 0.3) is 0 Å². The van der Waals surface area contributed by atoms with E-state index in [0.717, 1.165) is 13.1 Å². The van der Waals surface area contributed by atoms with Crippen molar-refractivity contribution in [2.75, 3.05) is 42.5 Å². The highest BCUT2D eigenvalue weighted by Gasteiger charge is 2.38. The molecule has 4 rings (SSSR count). The predicted molar refractivity (Wildman–Crippen MR) is 107 cm³/mol. The van der Waals surface area contributed by atoms with Crippen molar-refractivity contribution in [3.05, 3.63) is 60.2 Å². The Balaban J connectivity index is 1.38. The van der Waals surface area contributed by atoms with Crippen molar-refractivity contribution in [3.63, 3.8) is 0 Å². The molecular weight excluding hydrogens is 352 g/mol. The quantitative estimate of drug-likeness (QED) is 0.827. The van der Waals surface area contributed by atoms with Gasteiger partial charge in [-0.2, -0.15) is 5.26 Å². The van der Waals surface area contributed by atoms with Crippen LogP contribution in [0.2, 0.25) is 0 Å². The summed E-state index contributed by atoms with van der Waals surface area (Å²) < 4.78 is 0. The molecule has 2 aliphatic rings. The van der Waals surface area contributed by atoms with Gasteiger partial charge in [-0.1, -0.05) is 24.3 Å². The lowest BCUT2D eigenvalue weighted by Crippen LogP contribution is -2.50. The fraction of sp³-hybridized carbons (Fsp3) is 0.318. The molecule has 0 N–H and O–H groups in total. The van der Waals surface area contributed by atoms with Crippen molar-refractivity contribution in [3.8, 4) is 6.07 Å². The monoisotopic (exact) mass is 374 g/mol. The first kappa shape index (κ1) is 18.1. The van der Waals surface area contributed by atoms with Gasteiger partial charge in [0.15, 0.2) is 0 Å². The normalized spacial score (nSPS) is 19.6. The SMILES string of the molecule is N#Cc1cccc(N2CC(C(=O)N3CCN(c4ccccc4)CC3)CC2=O)c1. The topological polar surface area (TPSA) is 67.7 Å². The number of carbonyl (C=O) groups is 2. The summed E-state index contributed by atoms with van der Waals surface area (Å²) in [6.07, 6.45) is 0.231. The van der Waals surface area contributed by atoms with Crippen LogP contribution in [-0.4, -0.2) is 49.4 Å². The first-order chi connectivity index (χ1) is 13.7. The van der Waals surface area contributed by atoms with Crippen LogP contribution in [0, 0.1) is 17.2 Å². The van der Waals surface area contributed by atoms with E-state index < -0.39 is 0 Å². The maximum atomic E-state index is 13.0. The van der Waals surface area contributed by atoms with E-state index in [1.165, 1.54) is 5.69 Å². The van der Waals surface area contributed by atoms with Gasteiger partial charge in [0.05, 0.1) is 17.6 Å². The van der Waals surface area contributed by atoms with Crippen LogP contribution in [0.4, 0.5) is 11.4 Å². The minimum absolute atomic E-state index is 0.0556.